The number of pyridine rings is 1. The van der Waals surface area contributed by atoms with Crippen LogP contribution in [0.2, 0.25) is 0 Å². The van der Waals surface area contributed by atoms with Gasteiger partial charge >= 0.3 is 0 Å². The number of halogens is 2. The SMILES string of the molecule is COc1nc(NC2CC(C)(C(=O)NC3CC(F)(F)C3)C2)nn2ccc(-c3ccc4ncccc4c3)c12. The molecule has 0 spiro atoms. The van der Waals surface area contributed by atoms with E-state index in [1.54, 1.807) is 17.8 Å². The van der Waals surface area contributed by atoms with Crippen molar-refractivity contribution >= 4 is 28.3 Å². The Bertz CT molecular complexity index is 1470. The Balaban J connectivity index is 1.18. The van der Waals surface area contributed by atoms with Gasteiger partial charge in [0.05, 0.1) is 18.0 Å². The first-order valence-electron chi connectivity index (χ1n) is 12.0. The van der Waals surface area contributed by atoms with E-state index in [9.17, 15) is 13.6 Å². The molecule has 36 heavy (non-hydrogen) atoms. The molecule has 2 aliphatic rings. The first-order chi connectivity index (χ1) is 17.2. The van der Waals surface area contributed by atoms with E-state index in [4.69, 9.17) is 4.74 Å². The second kappa shape index (κ2) is 8.11. The predicted octanol–water partition coefficient (Wildman–Crippen LogP) is 4.45. The number of ether oxygens (including phenoxy) is 1. The standard InChI is InChI=1S/C26H26F2N6O2/c1-25(23(35)30-18-13-26(27,28)14-18)11-17(12-25)31-24-32-22(36-2)21-19(7-9-34(21)33-24)15-5-6-20-16(10-15)4-3-8-29-20/h3-10,17-18H,11-14H2,1-2H3,(H,30,35)(H,31,33). The number of nitrogens with zero attached hydrogens (tertiary/aromatic N) is 4. The van der Waals surface area contributed by atoms with Gasteiger partial charge in [-0.15, -0.1) is 5.10 Å². The number of fused-ring (bicyclic) bond motifs is 2. The highest BCUT2D eigenvalue weighted by Crippen LogP contribution is 2.44. The van der Waals surface area contributed by atoms with Crippen LogP contribution in [0.25, 0.3) is 27.5 Å². The van der Waals surface area contributed by atoms with Crippen LogP contribution in [0, 0.1) is 5.41 Å². The van der Waals surface area contributed by atoms with E-state index in [0.717, 1.165) is 27.5 Å². The fourth-order valence-corrected chi connectivity index (χ4v) is 5.29. The van der Waals surface area contributed by atoms with Crippen molar-refractivity contribution in [1.82, 2.24) is 24.9 Å². The van der Waals surface area contributed by atoms with Crippen molar-refractivity contribution in [3.8, 4) is 17.0 Å². The van der Waals surface area contributed by atoms with E-state index >= 15 is 0 Å². The van der Waals surface area contributed by atoms with Gasteiger partial charge in [0.1, 0.15) is 5.52 Å². The van der Waals surface area contributed by atoms with E-state index in [2.05, 4.69) is 31.8 Å². The van der Waals surface area contributed by atoms with Crippen LogP contribution in [0.5, 0.6) is 5.88 Å². The van der Waals surface area contributed by atoms with Gasteiger partial charge in [-0.05, 0) is 42.7 Å². The second-order valence-electron chi connectivity index (χ2n) is 10.1. The summed E-state index contributed by atoms with van der Waals surface area (Å²) in [5.41, 5.74) is 3.03. The summed E-state index contributed by atoms with van der Waals surface area (Å²) in [6.45, 7) is 1.86. The molecule has 3 heterocycles. The van der Waals surface area contributed by atoms with E-state index in [0.29, 0.717) is 24.7 Å². The first kappa shape index (κ1) is 22.6. The van der Waals surface area contributed by atoms with Gasteiger partial charge in [0, 0.05) is 48.3 Å². The molecule has 0 bridgehead atoms. The Labute approximate surface area is 206 Å². The zero-order chi connectivity index (χ0) is 25.1. The third-order valence-corrected chi connectivity index (χ3v) is 7.29. The number of methoxy groups -OCH3 is 1. The lowest BCUT2D eigenvalue weighted by Crippen LogP contribution is -2.58. The minimum Gasteiger partial charge on any atom is -0.479 e. The Kier molecular flexibility index (Phi) is 5.10. The fraction of sp³-hybridized carbons (Fsp3) is 0.385. The summed E-state index contributed by atoms with van der Waals surface area (Å²) in [6, 6.07) is 11.5. The minimum atomic E-state index is -2.65. The van der Waals surface area contributed by atoms with Crippen molar-refractivity contribution in [3.63, 3.8) is 0 Å². The van der Waals surface area contributed by atoms with Crippen molar-refractivity contribution in [2.75, 3.05) is 12.4 Å². The molecule has 186 valence electrons. The summed E-state index contributed by atoms with van der Waals surface area (Å²) in [7, 11) is 1.57. The predicted molar refractivity (Wildman–Crippen MR) is 131 cm³/mol. The van der Waals surface area contributed by atoms with Crippen LogP contribution < -0.4 is 15.4 Å². The summed E-state index contributed by atoms with van der Waals surface area (Å²) in [6.07, 6.45) is 4.20. The van der Waals surface area contributed by atoms with Crippen LogP contribution in [0.1, 0.15) is 32.6 Å². The Morgan fingerprint density at radius 3 is 2.69 bits per heavy atom. The third-order valence-electron chi connectivity index (χ3n) is 7.29. The molecule has 0 radical (unpaired) electrons. The number of aromatic nitrogens is 4. The molecular formula is C26H26F2N6O2. The molecule has 3 aromatic heterocycles. The number of rotatable bonds is 6. The molecule has 2 fully saturated rings. The quantitative estimate of drug-likeness (QED) is 0.413. The van der Waals surface area contributed by atoms with Crippen molar-refractivity contribution in [2.24, 2.45) is 5.41 Å². The third kappa shape index (κ3) is 3.90. The Hall–Kier alpha value is -3.82. The largest absolute Gasteiger partial charge is 0.479 e. The summed E-state index contributed by atoms with van der Waals surface area (Å²) < 4.78 is 33.5. The van der Waals surface area contributed by atoms with Gasteiger partial charge in [-0.3, -0.25) is 9.78 Å². The van der Waals surface area contributed by atoms with Gasteiger partial charge in [0.25, 0.3) is 5.92 Å². The van der Waals surface area contributed by atoms with Crippen molar-refractivity contribution in [3.05, 3.63) is 48.8 Å². The summed E-state index contributed by atoms with van der Waals surface area (Å²) in [5.74, 6) is -1.99. The summed E-state index contributed by atoms with van der Waals surface area (Å²) >= 11 is 0. The van der Waals surface area contributed by atoms with Crippen LogP contribution in [0.15, 0.2) is 48.8 Å². The molecule has 2 saturated carbocycles. The molecule has 2 aliphatic carbocycles. The number of carbonyl (C=O) groups is 1. The van der Waals surface area contributed by atoms with Gasteiger partial charge in [0.2, 0.25) is 17.7 Å². The Morgan fingerprint density at radius 2 is 1.94 bits per heavy atom. The number of alkyl halides is 2. The number of amides is 1. The number of benzene rings is 1. The molecule has 1 amide bonds. The maximum Gasteiger partial charge on any atom is 0.252 e. The van der Waals surface area contributed by atoms with Gasteiger partial charge in [0.15, 0.2) is 0 Å². The van der Waals surface area contributed by atoms with Gasteiger partial charge in [-0.25, -0.2) is 13.3 Å². The lowest BCUT2D eigenvalue weighted by Gasteiger charge is -2.46. The van der Waals surface area contributed by atoms with Gasteiger partial charge in [-0.2, -0.15) is 4.98 Å². The molecule has 0 unspecified atom stereocenters. The summed E-state index contributed by atoms with van der Waals surface area (Å²) in [5, 5.41) is 11.7. The highest BCUT2D eigenvalue weighted by atomic mass is 19.3. The highest BCUT2D eigenvalue weighted by molar-refractivity contribution is 5.90. The molecule has 0 atom stereocenters. The Morgan fingerprint density at radius 1 is 1.14 bits per heavy atom. The van der Waals surface area contributed by atoms with Gasteiger partial charge in [-0.1, -0.05) is 19.1 Å². The number of hydrogen-bond acceptors (Lipinski definition) is 6. The van der Waals surface area contributed by atoms with Crippen molar-refractivity contribution in [2.45, 2.75) is 50.6 Å². The summed E-state index contributed by atoms with van der Waals surface area (Å²) in [4.78, 5) is 21.6. The smallest absolute Gasteiger partial charge is 0.252 e. The van der Waals surface area contributed by atoms with Crippen LogP contribution >= 0.6 is 0 Å². The molecule has 2 N–H and O–H groups in total. The second-order valence-corrected chi connectivity index (χ2v) is 10.1. The molecule has 0 aliphatic heterocycles. The normalized spacial score (nSPS) is 23.2. The van der Waals surface area contributed by atoms with E-state index in [-0.39, 0.29) is 24.8 Å². The molecule has 0 saturated heterocycles. The minimum absolute atomic E-state index is 0.00578. The van der Waals surface area contributed by atoms with E-state index < -0.39 is 17.4 Å². The lowest BCUT2D eigenvalue weighted by atomic mass is 9.66. The number of nitrogens with one attached hydrogen (secondary N) is 2. The van der Waals surface area contributed by atoms with Crippen molar-refractivity contribution in [1.29, 1.82) is 0 Å². The zero-order valence-corrected chi connectivity index (χ0v) is 20.0. The van der Waals surface area contributed by atoms with Crippen molar-refractivity contribution < 1.29 is 18.3 Å². The molecule has 4 aromatic rings. The molecule has 8 nitrogen and oxygen atoms in total. The van der Waals surface area contributed by atoms with Crippen LogP contribution in [0.4, 0.5) is 14.7 Å². The zero-order valence-electron chi connectivity index (χ0n) is 20.0. The monoisotopic (exact) mass is 492 g/mol. The first-order valence-corrected chi connectivity index (χ1v) is 12.0. The highest BCUT2D eigenvalue weighted by Gasteiger charge is 2.51. The van der Waals surface area contributed by atoms with E-state index in [1.165, 1.54) is 0 Å². The molecular weight excluding hydrogens is 466 g/mol. The maximum absolute atomic E-state index is 13.1. The van der Waals surface area contributed by atoms with Gasteiger partial charge < -0.3 is 15.4 Å². The number of carbonyl (C=O) groups excluding carboxylic acids is 1. The molecule has 6 rings (SSSR count). The lowest BCUT2D eigenvalue weighted by molar-refractivity contribution is -0.142. The average molecular weight is 493 g/mol. The van der Waals surface area contributed by atoms with Crippen LogP contribution in [-0.2, 0) is 4.79 Å². The maximum atomic E-state index is 13.1. The van der Waals surface area contributed by atoms with Crippen LogP contribution in [0.3, 0.4) is 0 Å². The number of hydrogen-bond donors (Lipinski definition) is 2. The average Bonchev–Trinajstić information content (AvgIpc) is 3.25. The molecule has 10 heteroatoms. The van der Waals surface area contributed by atoms with Crippen LogP contribution in [-0.4, -0.2) is 50.6 Å². The molecule has 1 aromatic carbocycles. The topological polar surface area (TPSA) is 93.4 Å². The van der Waals surface area contributed by atoms with E-state index in [1.807, 2.05) is 43.5 Å². The fourth-order valence-electron chi connectivity index (χ4n) is 5.29. The number of anilines is 1.